The molecule has 0 aromatic carbocycles. The number of hydrogen-bond donors (Lipinski definition) is 2. The zero-order chi connectivity index (χ0) is 19.5. The van der Waals surface area contributed by atoms with Crippen LogP contribution >= 0.6 is 0 Å². The smallest absolute Gasteiger partial charge is 0.121 e. The maximum atomic E-state index is 11.8. The lowest BCUT2D eigenvalue weighted by molar-refractivity contribution is -0.117. The molecular weight excluding hydrogens is 296 g/mol. The Morgan fingerprint density at radius 2 is 1.17 bits per heavy atom. The molecule has 0 aliphatic heterocycles. The lowest BCUT2D eigenvalue weighted by Crippen LogP contribution is -2.60. The Balaban J connectivity index is 3.96. The second-order valence-electron chi connectivity index (χ2n) is 11.6. The number of rotatable bonds is 0. The van der Waals surface area contributed by atoms with E-state index in [2.05, 4.69) is 68.4 Å². The zero-order valence-electron chi connectivity index (χ0n) is 18.0. The minimum atomic E-state index is -1.29. The third kappa shape index (κ3) is 3.51. The van der Waals surface area contributed by atoms with Crippen LogP contribution in [0.2, 0.25) is 0 Å². The first-order chi connectivity index (χ1) is 10.3. The maximum absolute atomic E-state index is 11.8. The Labute approximate surface area is 150 Å². The highest BCUT2D eigenvalue weighted by Gasteiger charge is 2.56. The average molecular weight is 337 g/mol. The average Bonchev–Trinajstić information content (AvgIpc) is 2.25. The van der Waals surface area contributed by atoms with E-state index in [4.69, 9.17) is 0 Å². The second kappa shape index (κ2) is 5.71. The summed E-state index contributed by atoms with van der Waals surface area (Å²) in [6, 6.07) is 0. The lowest BCUT2D eigenvalue weighted by atomic mass is 9.55. The molecule has 0 aromatic rings. The fourth-order valence-electron chi connectivity index (χ4n) is 3.87. The number of allylic oxidation sites excluding steroid dienone is 2. The predicted molar refractivity (Wildman–Crippen MR) is 104 cm³/mol. The molecule has 1 rings (SSSR count). The maximum Gasteiger partial charge on any atom is 0.121 e. The molecule has 0 heterocycles. The molecule has 2 atom stereocenters. The van der Waals surface area contributed by atoms with Crippen molar-refractivity contribution in [3.05, 3.63) is 22.8 Å². The molecule has 2 N–H and O–H groups in total. The molecule has 0 radical (unpaired) electrons. The summed E-state index contributed by atoms with van der Waals surface area (Å²) in [5.74, 6) is 0. The van der Waals surface area contributed by atoms with Crippen LogP contribution in [0.25, 0.3) is 0 Å². The largest absolute Gasteiger partial charge is 0.385 e. The fraction of sp³-hybridized carbons (Fsp3) is 0.818. The third-order valence-electron chi connectivity index (χ3n) is 5.23. The van der Waals surface area contributed by atoms with E-state index < -0.39 is 17.1 Å². The predicted octanol–water partition coefficient (Wildman–Crippen LogP) is 5.50. The van der Waals surface area contributed by atoms with Gasteiger partial charge < -0.3 is 10.2 Å². The summed E-state index contributed by atoms with van der Waals surface area (Å²) in [5.41, 5.74) is 0.715. The molecule has 0 saturated heterocycles. The molecule has 1 aliphatic carbocycles. The van der Waals surface area contributed by atoms with E-state index in [1.807, 2.05) is 20.8 Å². The van der Waals surface area contributed by atoms with Gasteiger partial charge in [0.15, 0.2) is 0 Å². The van der Waals surface area contributed by atoms with Gasteiger partial charge in [0.2, 0.25) is 0 Å². The molecule has 2 heteroatoms. The highest BCUT2D eigenvalue weighted by Crippen LogP contribution is 2.55. The van der Waals surface area contributed by atoms with Crippen LogP contribution in [0, 0.1) is 21.7 Å². The van der Waals surface area contributed by atoms with Gasteiger partial charge in [-0.05, 0) is 38.4 Å². The van der Waals surface area contributed by atoms with Crippen LogP contribution in [-0.4, -0.2) is 21.9 Å². The Morgan fingerprint density at radius 1 is 0.750 bits per heavy atom. The number of aliphatic hydroxyl groups is 2. The first-order valence-corrected chi connectivity index (χ1v) is 9.14. The zero-order valence-corrected chi connectivity index (χ0v) is 18.0. The lowest BCUT2D eigenvalue weighted by Gasteiger charge is -2.54. The van der Waals surface area contributed by atoms with Crippen LogP contribution in [0.3, 0.4) is 0 Å². The van der Waals surface area contributed by atoms with E-state index in [0.29, 0.717) is 0 Å². The minimum absolute atomic E-state index is 0.0979. The van der Waals surface area contributed by atoms with Gasteiger partial charge in [-0.25, -0.2) is 0 Å². The van der Waals surface area contributed by atoms with Crippen molar-refractivity contribution in [3.63, 3.8) is 0 Å². The van der Waals surface area contributed by atoms with Gasteiger partial charge in [-0.2, -0.15) is 0 Å². The Bertz CT molecular complexity index is 551. The van der Waals surface area contributed by atoms with E-state index >= 15 is 0 Å². The van der Waals surface area contributed by atoms with Gasteiger partial charge in [0.05, 0.1) is 0 Å². The molecule has 0 fully saturated rings. The molecule has 0 spiro atoms. The fourth-order valence-corrected chi connectivity index (χ4v) is 3.87. The summed E-state index contributed by atoms with van der Waals surface area (Å²) in [4.78, 5) is 0. The van der Waals surface area contributed by atoms with Crippen molar-refractivity contribution in [1.82, 2.24) is 0 Å². The monoisotopic (exact) mass is 336 g/mol. The number of hydrogen-bond acceptors (Lipinski definition) is 2. The summed E-state index contributed by atoms with van der Waals surface area (Å²) in [6.07, 6.45) is 1.27. The van der Waals surface area contributed by atoms with Gasteiger partial charge >= 0.3 is 0 Å². The van der Waals surface area contributed by atoms with E-state index in [0.717, 1.165) is 16.7 Å². The van der Waals surface area contributed by atoms with Crippen molar-refractivity contribution in [2.24, 2.45) is 21.7 Å². The quantitative estimate of drug-likeness (QED) is 0.613. The van der Waals surface area contributed by atoms with Crippen molar-refractivity contribution < 1.29 is 10.2 Å². The van der Waals surface area contributed by atoms with E-state index in [9.17, 15) is 10.2 Å². The molecule has 0 aromatic heterocycles. The van der Waals surface area contributed by atoms with Gasteiger partial charge in [-0.3, -0.25) is 0 Å². The van der Waals surface area contributed by atoms with Gasteiger partial charge in [-0.1, -0.05) is 89.2 Å². The Hall–Kier alpha value is -0.600. The van der Waals surface area contributed by atoms with Crippen LogP contribution in [0.5, 0.6) is 0 Å². The van der Waals surface area contributed by atoms with E-state index in [1.54, 1.807) is 0 Å². The van der Waals surface area contributed by atoms with Crippen LogP contribution in [0.4, 0.5) is 0 Å². The molecule has 0 bridgehead atoms. The van der Waals surface area contributed by atoms with Gasteiger partial charge in [0, 0.05) is 0 Å². The molecule has 2 nitrogen and oxygen atoms in total. The Kier molecular flexibility index (Phi) is 5.10. The van der Waals surface area contributed by atoms with E-state index in [1.165, 1.54) is 0 Å². The first-order valence-electron chi connectivity index (χ1n) is 9.14. The highest BCUT2D eigenvalue weighted by atomic mass is 16.3. The topological polar surface area (TPSA) is 40.5 Å². The SMILES string of the molecule is CC(C)(C)C1=CC(C(C)(C)C)=C(C(C)(C)C)C(O)C1(O)C(C)(C)C. The van der Waals surface area contributed by atoms with Crippen LogP contribution in [-0.2, 0) is 0 Å². The van der Waals surface area contributed by atoms with Crippen molar-refractivity contribution in [2.45, 2.75) is 94.8 Å². The standard InChI is InChI=1S/C22H40O2/c1-18(2,3)14-13-15(19(4,5)6)22(24,21(10,11)12)17(23)16(14)20(7,8)9/h13,17,23-24H,1-12H3. The van der Waals surface area contributed by atoms with Crippen molar-refractivity contribution >= 4 is 0 Å². The molecule has 0 saturated carbocycles. The van der Waals surface area contributed by atoms with Crippen molar-refractivity contribution in [1.29, 1.82) is 0 Å². The second-order valence-corrected chi connectivity index (χ2v) is 11.6. The summed E-state index contributed by atoms with van der Waals surface area (Å²) >= 11 is 0. The van der Waals surface area contributed by atoms with E-state index in [-0.39, 0.29) is 16.2 Å². The van der Waals surface area contributed by atoms with Crippen LogP contribution < -0.4 is 0 Å². The normalized spacial score (nSPS) is 27.4. The molecule has 1 aliphatic rings. The molecular formula is C22H40O2. The van der Waals surface area contributed by atoms with Gasteiger partial charge in [-0.15, -0.1) is 0 Å². The van der Waals surface area contributed by atoms with Gasteiger partial charge in [0.1, 0.15) is 11.7 Å². The number of aliphatic hydroxyl groups excluding tert-OH is 1. The Morgan fingerprint density at radius 3 is 1.42 bits per heavy atom. The molecule has 2 unspecified atom stereocenters. The summed E-state index contributed by atoms with van der Waals surface area (Å²) in [7, 11) is 0. The van der Waals surface area contributed by atoms with Crippen LogP contribution in [0.1, 0.15) is 83.1 Å². The van der Waals surface area contributed by atoms with Crippen LogP contribution in [0.15, 0.2) is 22.8 Å². The molecule has 0 amide bonds. The summed E-state index contributed by atoms with van der Waals surface area (Å²) < 4.78 is 0. The minimum Gasteiger partial charge on any atom is -0.385 e. The van der Waals surface area contributed by atoms with Crippen molar-refractivity contribution in [2.75, 3.05) is 0 Å². The summed E-state index contributed by atoms with van der Waals surface area (Å²) in [6.45, 7) is 25.3. The summed E-state index contributed by atoms with van der Waals surface area (Å²) in [5, 5.41) is 23.3. The third-order valence-corrected chi connectivity index (χ3v) is 5.23. The van der Waals surface area contributed by atoms with Gasteiger partial charge in [0.25, 0.3) is 0 Å². The highest BCUT2D eigenvalue weighted by molar-refractivity contribution is 5.50. The van der Waals surface area contributed by atoms with Crippen molar-refractivity contribution in [3.8, 4) is 0 Å². The molecule has 140 valence electrons. The first kappa shape index (κ1) is 21.4. The molecule has 24 heavy (non-hydrogen) atoms.